The number of rotatable bonds is 5. The van der Waals surface area contributed by atoms with E-state index in [0.29, 0.717) is 12.1 Å². The van der Waals surface area contributed by atoms with Gasteiger partial charge >= 0.3 is 0 Å². The van der Waals surface area contributed by atoms with Crippen LogP contribution in [0.4, 0.5) is 0 Å². The lowest BCUT2D eigenvalue weighted by molar-refractivity contribution is 0.530. The smallest absolute Gasteiger partial charge is 0.218 e. The van der Waals surface area contributed by atoms with Crippen molar-refractivity contribution in [1.82, 2.24) is 0 Å². The van der Waals surface area contributed by atoms with E-state index >= 15 is 0 Å². The lowest BCUT2D eigenvalue weighted by Crippen LogP contribution is -2.27. The van der Waals surface area contributed by atoms with Gasteiger partial charge in [0.25, 0.3) is 0 Å². The summed E-state index contributed by atoms with van der Waals surface area (Å²) in [6.45, 7) is 0. The molecule has 4 saturated carbocycles. The zero-order valence-corrected chi connectivity index (χ0v) is 15.8. The number of hydrogen-bond acceptors (Lipinski definition) is 2. The first kappa shape index (κ1) is 21.3. The van der Waals surface area contributed by atoms with Gasteiger partial charge in [0, 0.05) is 6.04 Å². The van der Waals surface area contributed by atoms with Crippen molar-refractivity contribution in [3.05, 3.63) is 0 Å². The molecule has 0 atom stereocenters. The molecule has 0 aromatic rings. The second-order valence-electron chi connectivity index (χ2n) is 7.44. The molecule has 140 valence electrons. The molecule has 8 heteroatoms. The van der Waals surface area contributed by atoms with Gasteiger partial charge in [-0.2, -0.15) is 4.99 Å². The van der Waals surface area contributed by atoms with Gasteiger partial charge in [0.1, 0.15) is 0 Å². The number of nitrogens with zero attached hydrogens (tertiary/aromatic N) is 2. The third-order valence-corrected chi connectivity index (χ3v) is 5.07. The number of hydrogen-bond donors (Lipinski definition) is 4. The summed E-state index contributed by atoms with van der Waals surface area (Å²) < 4.78 is 0. The summed E-state index contributed by atoms with van der Waals surface area (Å²) in [5.74, 6) is 3.54. The van der Waals surface area contributed by atoms with Gasteiger partial charge in [-0.25, -0.2) is 4.99 Å². The molecule has 4 fully saturated rings. The van der Waals surface area contributed by atoms with Crippen LogP contribution in [0.5, 0.6) is 0 Å². The fraction of sp³-hybridized carbons (Fsp3) is 0.875. The molecule has 4 aliphatic rings. The molecule has 6 nitrogen and oxygen atoms in total. The molecule has 24 heavy (non-hydrogen) atoms. The molecule has 0 amide bonds. The maximum atomic E-state index is 5.88. The van der Waals surface area contributed by atoms with E-state index in [1.807, 2.05) is 0 Å². The van der Waals surface area contributed by atoms with Crippen molar-refractivity contribution in [3.8, 4) is 0 Å². The molecule has 0 radical (unpaired) electrons. The van der Waals surface area contributed by atoms with Crippen LogP contribution in [0.15, 0.2) is 9.98 Å². The summed E-state index contributed by atoms with van der Waals surface area (Å²) in [7, 11) is 0. The Kier molecular flexibility index (Phi) is 8.09. The fourth-order valence-corrected chi connectivity index (χ4v) is 3.13. The van der Waals surface area contributed by atoms with E-state index in [9.17, 15) is 0 Å². The van der Waals surface area contributed by atoms with Crippen molar-refractivity contribution in [2.75, 3.05) is 0 Å². The third kappa shape index (κ3) is 7.03. The first-order chi connectivity index (χ1) is 10.5. The third-order valence-electron chi connectivity index (χ3n) is 5.07. The van der Waals surface area contributed by atoms with E-state index in [0.717, 1.165) is 23.7 Å². The van der Waals surface area contributed by atoms with Gasteiger partial charge in [-0.1, -0.05) is 0 Å². The molecular formula is C16H32Cl2N6. The fourth-order valence-electron chi connectivity index (χ4n) is 3.13. The van der Waals surface area contributed by atoms with Crippen LogP contribution >= 0.6 is 24.8 Å². The summed E-state index contributed by atoms with van der Waals surface area (Å²) >= 11 is 0. The van der Waals surface area contributed by atoms with Gasteiger partial charge in [-0.15, -0.1) is 24.8 Å². The van der Waals surface area contributed by atoms with E-state index in [1.54, 1.807) is 0 Å². The Hall–Kier alpha value is -0.720. The number of halogens is 2. The summed E-state index contributed by atoms with van der Waals surface area (Å²) in [5, 5.41) is 0. The molecule has 0 aromatic heterocycles. The highest BCUT2D eigenvalue weighted by Crippen LogP contribution is 2.46. The van der Waals surface area contributed by atoms with Crippen LogP contribution < -0.4 is 22.9 Å². The van der Waals surface area contributed by atoms with Gasteiger partial charge in [-0.05, 0) is 75.0 Å². The molecular weight excluding hydrogens is 347 g/mol. The molecule has 0 bridgehead atoms. The molecule has 0 spiro atoms. The minimum absolute atomic E-state index is 0. The maximum absolute atomic E-state index is 5.88. The summed E-state index contributed by atoms with van der Waals surface area (Å²) in [4.78, 5) is 8.13. The van der Waals surface area contributed by atoms with Crippen molar-refractivity contribution < 1.29 is 0 Å². The lowest BCUT2D eigenvalue weighted by Gasteiger charge is -2.09. The Bertz CT molecular complexity index is 425. The average Bonchev–Trinajstić information content (AvgIpc) is 3.35. The van der Waals surface area contributed by atoms with Gasteiger partial charge in [0.15, 0.2) is 5.96 Å². The Morgan fingerprint density at radius 2 is 1.08 bits per heavy atom. The van der Waals surface area contributed by atoms with E-state index in [2.05, 4.69) is 9.98 Å². The second-order valence-corrected chi connectivity index (χ2v) is 7.44. The van der Waals surface area contributed by atoms with Crippen LogP contribution in [0, 0.1) is 23.7 Å². The van der Waals surface area contributed by atoms with E-state index in [4.69, 9.17) is 22.9 Å². The van der Waals surface area contributed by atoms with Gasteiger partial charge in [0.2, 0.25) is 5.96 Å². The molecule has 0 aromatic carbocycles. The molecule has 0 heterocycles. The van der Waals surface area contributed by atoms with Crippen LogP contribution in [-0.4, -0.2) is 24.0 Å². The quantitative estimate of drug-likeness (QED) is 0.428. The standard InChI is InChI=1S/C9H17N5.C7H13N.2ClH/c10-8(11)14-9(12)13-7(5-1-2-5)6-3-4-6;8-7(5-1-2-5)6-3-4-6;;/h5-7H,1-4H2,(H6,10,11,12,13,14);5-7H,1-4,8H2;2*1H. The second kappa shape index (κ2) is 9.11. The van der Waals surface area contributed by atoms with E-state index in [1.165, 1.54) is 51.4 Å². The first-order valence-corrected chi connectivity index (χ1v) is 8.73. The highest BCUT2D eigenvalue weighted by atomic mass is 35.5. The van der Waals surface area contributed by atoms with Crippen molar-refractivity contribution in [2.24, 2.45) is 56.6 Å². The van der Waals surface area contributed by atoms with Gasteiger partial charge < -0.3 is 22.9 Å². The minimum atomic E-state index is -0.0170. The van der Waals surface area contributed by atoms with Crippen molar-refractivity contribution in [2.45, 2.75) is 63.5 Å². The number of guanidine groups is 2. The SMILES string of the molecule is Cl.Cl.NC(C1CC1)C1CC1.NC(N)=NC(N)=NC(C1CC1)C1CC1. The average molecular weight is 379 g/mol. The highest BCUT2D eigenvalue weighted by molar-refractivity contribution is 5.92. The maximum Gasteiger partial charge on any atom is 0.218 e. The zero-order valence-electron chi connectivity index (χ0n) is 14.1. The first-order valence-electron chi connectivity index (χ1n) is 8.73. The summed E-state index contributed by atoms with van der Waals surface area (Å²) in [5.41, 5.74) is 21.9. The van der Waals surface area contributed by atoms with Gasteiger partial charge in [0.05, 0.1) is 6.04 Å². The predicted molar refractivity (Wildman–Crippen MR) is 105 cm³/mol. The predicted octanol–water partition coefficient (Wildman–Crippen LogP) is 1.74. The molecule has 0 saturated heterocycles. The van der Waals surface area contributed by atoms with E-state index in [-0.39, 0.29) is 36.7 Å². The number of aliphatic imine (C=N–C) groups is 2. The summed E-state index contributed by atoms with van der Waals surface area (Å²) in [6.07, 6.45) is 10.8. The Morgan fingerprint density at radius 3 is 1.38 bits per heavy atom. The van der Waals surface area contributed by atoms with Gasteiger partial charge in [-0.3, -0.25) is 0 Å². The van der Waals surface area contributed by atoms with Crippen LogP contribution in [-0.2, 0) is 0 Å². The molecule has 8 N–H and O–H groups in total. The van der Waals surface area contributed by atoms with Crippen LogP contribution in [0.3, 0.4) is 0 Å². The molecule has 4 rings (SSSR count). The van der Waals surface area contributed by atoms with Crippen molar-refractivity contribution in [3.63, 3.8) is 0 Å². The monoisotopic (exact) mass is 378 g/mol. The summed E-state index contributed by atoms with van der Waals surface area (Å²) in [6, 6.07) is 0.966. The number of nitrogens with two attached hydrogens (primary N) is 4. The molecule has 4 aliphatic carbocycles. The van der Waals surface area contributed by atoms with E-state index < -0.39 is 0 Å². The molecule has 0 aliphatic heterocycles. The van der Waals surface area contributed by atoms with Crippen LogP contribution in [0.1, 0.15) is 51.4 Å². The highest BCUT2D eigenvalue weighted by Gasteiger charge is 2.41. The molecule has 0 unspecified atom stereocenters. The normalized spacial score (nSPS) is 22.9. The lowest BCUT2D eigenvalue weighted by atomic mass is 10.1. The van der Waals surface area contributed by atoms with Crippen LogP contribution in [0.2, 0.25) is 0 Å². The minimum Gasteiger partial charge on any atom is -0.370 e. The Labute approximate surface area is 157 Å². The Balaban J connectivity index is 0.000000247. The topological polar surface area (TPSA) is 129 Å². The van der Waals surface area contributed by atoms with Crippen LogP contribution in [0.25, 0.3) is 0 Å². The largest absolute Gasteiger partial charge is 0.370 e. The zero-order chi connectivity index (χ0) is 15.7. The van der Waals surface area contributed by atoms with Crippen molar-refractivity contribution >= 4 is 36.7 Å². The Morgan fingerprint density at radius 1 is 0.708 bits per heavy atom. The van der Waals surface area contributed by atoms with Crippen molar-refractivity contribution in [1.29, 1.82) is 0 Å².